The van der Waals surface area contributed by atoms with E-state index in [1.807, 2.05) is 30.5 Å². The Morgan fingerprint density at radius 1 is 1.20 bits per heavy atom. The molecule has 35 heavy (non-hydrogen) atoms. The fraction of sp³-hybridized carbons (Fsp3) is 0.448. The molecule has 2 aromatic rings. The first-order valence-electron chi connectivity index (χ1n) is 12.9. The standard InChI is InChI=1S/C29H29N3O3/c1-34-20-5-2-17(3-6-20)15-30-19-4-7-23-22(12-19)29-9-10-31-16-18-8-11-35-24-14-26(33)32(23)28(29)27(24)21(18)13-25(29)31/h2-8,12,15,21,24-25,27-28H,9-11,13-14,16H2,1H3/t21-,24+,25-,27+,28+,29-/m0/s1. The number of rotatable bonds is 3. The lowest BCUT2D eigenvalue weighted by molar-refractivity contribution is -0.132. The van der Waals surface area contributed by atoms with E-state index < -0.39 is 0 Å². The Labute approximate surface area is 205 Å². The van der Waals surface area contributed by atoms with E-state index in [-0.39, 0.29) is 23.5 Å². The molecule has 1 amide bonds. The van der Waals surface area contributed by atoms with E-state index in [0.717, 1.165) is 42.2 Å². The van der Waals surface area contributed by atoms with Crippen LogP contribution in [0, 0.1) is 11.8 Å². The zero-order valence-electron chi connectivity index (χ0n) is 19.9. The maximum Gasteiger partial charge on any atom is 0.229 e. The number of benzene rings is 2. The van der Waals surface area contributed by atoms with E-state index in [0.29, 0.717) is 30.9 Å². The summed E-state index contributed by atoms with van der Waals surface area (Å²) < 4.78 is 11.6. The van der Waals surface area contributed by atoms with Crippen LogP contribution in [0.3, 0.4) is 0 Å². The second-order valence-electron chi connectivity index (χ2n) is 11.0. The molecule has 4 fully saturated rings. The number of carbonyl (C=O) groups excluding carboxylic acids is 1. The molecule has 178 valence electrons. The highest BCUT2D eigenvalue weighted by Crippen LogP contribution is 2.66. The van der Waals surface area contributed by atoms with Crippen LogP contribution < -0.4 is 9.64 Å². The number of ether oxygens (including phenoxy) is 2. The summed E-state index contributed by atoms with van der Waals surface area (Å²) in [5.74, 6) is 1.99. The number of hydrogen-bond acceptors (Lipinski definition) is 5. The van der Waals surface area contributed by atoms with Crippen molar-refractivity contribution in [1.29, 1.82) is 0 Å². The lowest BCUT2D eigenvalue weighted by atomic mass is 9.53. The van der Waals surface area contributed by atoms with Crippen LogP contribution in [-0.4, -0.2) is 62.0 Å². The number of piperidine rings is 2. The Morgan fingerprint density at radius 2 is 2.09 bits per heavy atom. The van der Waals surface area contributed by atoms with Gasteiger partial charge in [0.15, 0.2) is 0 Å². The average molecular weight is 468 g/mol. The van der Waals surface area contributed by atoms with Crippen molar-refractivity contribution in [2.75, 3.05) is 31.7 Å². The summed E-state index contributed by atoms with van der Waals surface area (Å²) in [6.45, 7) is 2.81. The van der Waals surface area contributed by atoms with Gasteiger partial charge in [-0.3, -0.25) is 14.7 Å². The monoisotopic (exact) mass is 467 g/mol. The first kappa shape index (κ1) is 20.3. The lowest BCUT2D eigenvalue weighted by Gasteiger charge is -2.58. The molecule has 0 N–H and O–H groups in total. The first-order valence-corrected chi connectivity index (χ1v) is 12.9. The highest BCUT2D eigenvalue weighted by Gasteiger charge is 2.71. The summed E-state index contributed by atoms with van der Waals surface area (Å²) in [6.07, 6.45) is 7.07. The maximum absolute atomic E-state index is 13.6. The third kappa shape index (κ3) is 2.56. The van der Waals surface area contributed by atoms with Crippen LogP contribution in [0.1, 0.15) is 30.4 Å². The number of hydrogen-bond donors (Lipinski definition) is 0. The molecule has 5 aliphatic heterocycles. The molecule has 6 heteroatoms. The van der Waals surface area contributed by atoms with Gasteiger partial charge in [-0.25, -0.2) is 0 Å². The molecule has 1 aliphatic carbocycles. The van der Waals surface area contributed by atoms with E-state index >= 15 is 0 Å². The van der Waals surface area contributed by atoms with Crippen molar-refractivity contribution >= 4 is 23.5 Å². The summed E-state index contributed by atoms with van der Waals surface area (Å²) in [5, 5.41) is 0. The second-order valence-corrected chi connectivity index (χ2v) is 11.0. The van der Waals surface area contributed by atoms with E-state index in [2.05, 4.69) is 34.1 Å². The van der Waals surface area contributed by atoms with Gasteiger partial charge in [-0.1, -0.05) is 11.6 Å². The van der Waals surface area contributed by atoms with Crippen molar-refractivity contribution in [3.63, 3.8) is 0 Å². The van der Waals surface area contributed by atoms with Crippen LogP contribution in [0.4, 0.5) is 11.4 Å². The third-order valence-corrected chi connectivity index (χ3v) is 9.77. The minimum absolute atomic E-state index is 0.0182. The van der Waals surface area contributed by atoms with Crippen molar-refractivity contribution in [1.82, 2.24) is 4.90 Å². The van der Waals surface area contributed by atoms with Gasteiger partial charge in [0, 0.05) is 35.8 Å². The van der Waals surface area contributed by atoms with Crippen molar-refractivity contribution in [3.05, 3.63) is 65.2 Å². The van der Waals surface area contributed by atoms with Crippen molar-refractivity contribution < 1.29 is 14.3 Å². The number of fused-ring (bicyclic) bond motifs is 2. The summed E-state index contributed by atoms with van der Waals surface area (Å²) in [4.78, 5) is 23.3. The second kappa shape index (κ2) is 7.05. The fourth-order valence-electron chi connectivity index (χ4n) is 8.46. The Bertz CT molecular complexity index is 1300. The number of carbonyl (C=O) groups is 1. The molecule has 1 saturated carbocycles. The zero-order chi connectivity index (χ0) is 23.3. The first-order chi connectivity index (χ1) is 17.2. The molecule has 8 rings (SSSR count). The summed E-state index contributed by atoms with van der Waals surface area (Å²) in [5.41, 5.74) is 5.98. The molecule has 1 spiro atoms. The van der Waals surface area contributed by atoms with Crippen molar-refractivity contribution in [3.8, 4) is 5.75 Å². The molecule has 0 unspecified atom stereocenters. The van der Waals surface area contributed by atoms with Crippen LogP contribution in [0.25, 0.3) is 0 Å². The van der Waals surface area contributed by atoms with Gasteiger partial charge in [-0.15, -0.1) is 0 Å². The van der Waals surface area contributed by atoms with E-state index in [4.69, 9.17) is 14.5 Å². The van der Waals surface area contributed by atoms with Gasteiger partial charge in [-0.05, 0) is 78.9 Å². The fourth-order valence-corrected chi connectivity index (χ4v) is 8.46. The quantitative estimate of drug-likeness (QED) is 0.508. The predicted molar refractivity (Wildman–Crippen MR) is 134 cm³/mol. The summed E-state index contributed by atoms with van der Waals surface area (Å²) in [6, 6.07) is 15.1. The van der Waals surface area contributed by atoms with Crippen LogP contribution in [0.15, 0.2) is 59.1 Å². The molecule has 0 aromatic heterocycles. The Balaban J connectivity index is 1.25. The van der Waals surface area contributed by atoms with Crippen LogP contribution >= 0.6 is 0 Å². The van der Waals surface area contributed by atoms with Crippen LogP contribution in [-0.2, 0) is 14.9 Å². The third-order valence-electron chi connectivity index (χ3n) is 9.77. The molecule has 3 saturated heterocycles. The zero-order valence-corrected chi connectivity index (χ0v) is 19.9. The number of anilines is 1. The van der Waals surface area contributed by atoms with Gasteiger partial charge in [0.1, 0.15) is 5.75 Å². The Hall–Kier alpha value is -2.96. The van der Waals surface area contributed by atoms with Gasteiger partial charge in [-0.2, -0.15) is 0 Å². The Kier molecular flexibility index (Phi) is 4.08. The molecular formula is C29H29N3O3. The van der Waals surface area contributed by atoms with E-state index in [1.165, 1.54) is 12.0 Å². The molecule has 2 bridgehead atoms. The van der Waals surface area contributed by atoms with Gasteiger partial charge in [0.2, 0.25) is 5.91 Å². The van der Waals surface area contributed by atoms with Gasteiger partial charge < -0.3 is 14.4 Å². The van der Waals surface area contributed by atoms with E-state index in [9.17, 15) is 4.79 Å². The molecule has 0 radical (unpaired) electrons. The number of nitrogens with zero attached hydrogens (tertiary/aromatic N) is 3. The summed E-state index contributed by atoms with van der Waals surface area (Å²) in [7, 11) is 1.68. The molecule has 6 aliphatic rings. The number of methoxy groups -OCH3 is 1. The summed E-state index contributed by atoms with van der Waals surface area (Å²) >= 11 is 0. The van der Waals surface area contributed by atoms with Gasteiger partial charge >= 0.3 is 0 Å². The largest absolute Gasteiger partial charge is 0.497 e. The van der Waals surface area contributed by atoms with Gasteiger partial charge in [0.25, 0.3) is 0 Å². The smallest absolute Gasteiger partial charge is 0.229 e. The SMILES string of the molecule is COc1ccc(C=Nc2ccc3c(c2)[C@]24CCN5CC6=CCO[C@@H]7CC(=O)N3[C@@H]2[C@@H]7[C@H]6C[C@H]54)cc1. The lowest BCUT2D eigenvalue weighted by Crippen LogP contribution is -2.69. The minimum atomic E-state index is -0.0182. The molecule has 5 heterocycles. The van der Waals surface area contributed by atoms with Crippen LogP contribution in [0.5, 0.6) is 5.75 Å². The van der Waals surface area contributed by atoms with E-state index in [1.54, 1.807) is 12.7 Å². The normalized spacial score (nSPS) is 36.3. The molecular weight excluding hydrogens is 438 g/mol. The Morgan fingerprint density at radius 3 is 2.94 bits per heavy atom. The number of aliphatic imine (C=N–C) groups is 1. The predicted octanol–water partition coefficient (Wildman–Crippen LogP) is 3.85. The topological polar surface area (TPSA) is 54.4 Å². The van der Waals surface area contributed by atoms with Crippen molar-refractivity contribution in [2.24, 2.45) is 16.8 Å². The molecule has 2 aromatic carbocycles. The maximum atomic E-state index is 13.6. The molecule has 6 nitrogen and oxygen atoms in total. The number of amides is 1. The molecule has 6 atom stereocenters. The minimum Gasteiger partial charge on any atom is -0.497 e. The van der Waals surface area contributed by atoms with Gasteiger partial charge in [0.05, 0.1) is 38.0 Å². The van der Waals surface area contributed by atoms with Crippen molar-refractivity contribution in [2.45, 2.75) is 42.9 Å². The highest BCUT2D eigenvalue weighted by atomic mass is 16.5. The van der Waals surface area contributed by atoms with Crippen LogP contribution in [0.2, 0.25) is 0 Å². The average Bonchev–Trinajstić information content (AvgIpc) is 3.35. The highest BCUT2D eigenvalue weighted by molar-refractivity contribution is 5.99.